The van der Waals surface area contributed by atoms with E-state index in [1.165, 1.54) is 0 Å². The molecule has 0 aliphatic heterocycles. The van der Waals surface area contributed by atoms with E-state index in [2.05, 4.69) is 22.6 Å². The van der Waals surface area contributed by atoms with Crippen molar-refractivity contribution in [3.05, 3.63) is 33.4 Å². The molecule has 1 aliphatic rings. The van der Waals surface area contributed by atoms with Gasteiger partial charge in [-0.05, 0) is 53.5 Å². The summed E-state index contributed by atoms with van der Waals surface area (Å²) in [5.74, 6) is 0.681. The normalized spacial score (nSPS) is 23.0. The lowest BCUT2D eigenvalue weighted by molar-refractivity contribution is 0.0746. The SMILES string of the molecule is CN(CC1CC(Cl)C1)C(=O)c1ccccc1I. The van der Waals surface area contributed by atoms with Gasteiger partial charge in [0, 0.05) is 22.5 Å². The maximum absolute atomic E-state index is 12.2. The number of alkyl halides is 1. The predicted molar refractivity (Wildman–Crippen MR) is 78.5 cm³/mol. The molecule has 4 heteroatoms. The Morgan fingerprint density at radius 1 is 1.47 bits per heavy atom. The van der Waals surface area contributed by atoms with Crippen LogP contribution in [0.3, 0.4) is 0 Å². The zero-order valence-electron chi connectivity index (χ0n) is 9.70. The Bertz CT molecular complexity index is 418. The number of carbonyl (C=O) groups excluding carboxylic acids is 1. The van der Waals surface area contributed by atoms with E-state index in [-0.39, 0.29) is 5.91 Å². The fourth-order valence-corrected chi connectivity index (χ4v) is 3.24. The van der Waals surface area contributed by atoms with Crippen LogP contribution in [0.5, 0.6) is 0 Å². The molecule has 0 unspecified atom stereocenters. The highest BCUT2D eigenvalue weighted by atomic mass is 127. The van der Waals surface area contributed by atoms with Gasteiger partial charge < -0.3 is 4.90 Å². The molecule has 2 nitrogen and oxygen atoms in total. The van der Waals surface area contributed by atoms with Crippen molar-refractivity contribution in [2.45, 2.75) is 18.2 Å². The molecule has 1 saturated carbocycles. The lowest BCUT2D eigenvalue weighted by Gasteiger charge is -2.34. The summed E-state index contributed by atoms with van der Waals surface area (Å²) in [5.41, 5.74) is 0.789. The molecule has 1 aromatic carbocycles. The van der Waals surface area contributed by atoms with Gasteiger partial charge in [0.05, 0.1) is 5.56 Å². The summed E-state index contributed by atoms with van der Waals surface area (Å²) in [5, 5.41) is 0.320. The summed E-state index contributed by atoms with van der Waals surface area (Å²) in [6, 6.07) is 7.69. The molecule has 1 fully saturated rings. The molecule has 17 heavy (non-hydrogen) atoms. The first kappa shape index (κ1) is 13.1. The molecule has 1 aromatic rings. The van der Waals surface area contributed by atoms with E-state index in [1.54, 1.807) is 0 Å². The quantitative estimate of drug-likeness (QED) is 0.595. The lowest BCUT2D eigenvalue weighted by atomic mass is 9.84. The summed E-state index contributed by atoms with van der Waals surface area (Å²) in [4.78, 5) is 14.0. The van der Waals surface area contributed by atoms with Gasteiger partial charge in [-0.15, -0.1) is 11.6 Å². The van der Waals surface area contributed by atoms with E-state index in [0.717, 1.165) is 28.5 Å². The molecule has 0 heterocycles. The number of benzene rings is 1. The van der Waals surface area contributed by atoms with Crippen molar-refractivity contribution >= 4 is 40.1 Å². The highest BCUT2D eigenvalue weighted by molar-refractivity contribution is 14.1. The number of hydrogen-bond donors (Lipinski definition) is 0. The Labute approximate surface area is 120 Å². The second-order valence-corrected chi connectivity index (χ2v) is 6.38. The molecular formula is C13H15ClINO. The number of halogens is 2. The molecule has 2 rings (SSSR count). The van der Waals surface area contributed by atoms with Gasteiger partial charge in [-0.25, -0.2) is 0 Å². The van der Waals surface area contributed by atoms with Crippen molar-refractivity contribution in [2.75, 3.05) is 13.6 Å². The molecule has 0 N–H and O–H groups in total. The van der Waals surface area contributed by atoms with Crippen molar-refractivity contribution in [1.29, 1.82) is 0 Å². The number of carbonyl (C=O) groups is 1. The highest BCUT2D eigenvalue weighted by Crippen LogP contribution is 2.32. The lowest BCUT2D eigenvalue weighted by Crippen LogP contribution is -2.38. The van der Waals surface area contributed by atoms with E-state index in [4.69, 9.17) is 11.6 Å². The first-order chi connectivity index (χ1) is 8.08. The Morgan fingerprint density at radius 3 is 2.71 bits per heavy atom. The van der Waals surface area contributed by atoms with Gasteiger partial charge in [-0.1, -0.05) is 12.1 Å². The topological polar surface area (TPSA) is 20.3 Å². The molecule has 0 radical (unpaired) electrons. The maximum atomic E-state index is 12.2. The van der Waals surface area contributed by atoms with Crippen LogP contribution < -0.4 is 0 Å². The van der Waals surface area contributed by atoms with Crippen molar-refractivity contribution in [1.82, 2.24) is 4.90 Å². The first-order valence-corrected chi connectivity index (χ1v) is 7.23. The van der Waals surface area contributed by atoms with Gasteiger partial charge in [-0.2, -0.15) is 0 Å². The van der Waals surface area contributed by atoms with Crippen LogP contribution in [0.4, 0.5) is 0 Å². The summed E-state index contributed by atoms with van der Waals surface area (Å²) in [7, 11) is 1.87. The Morgan fingerprint density at radius 2 is 2.12 bits per heavy atom. The van der Waals surface area contributed by atoms with Gasteiger partial charge in [0.2, 0.25) is 0 Å². The average Bonchev–Trinajstić information content (AvgIpc) is 2.26. The van der Waals surface area contributed by atoms with E-state index in [9.17, 15) is 4.79 Å². The Kier molecular flexibility index (Phi) is 4.31. The smallest absolute Gasteiger partial charge is 0.254 e. The minimum atomic E-state index is 0.105. The standard InChI is InChI=1S/C13H15ClINO/c1-16(8-9-6-10(14)7-9)13(17)11-4-2-3-5-12(11)15/h2-5,9-10H,6-8H2,1H3. The zero-order valence-corrected chi connectivity index (χ0v) is 12.6. The van der Waals surface area contributed by atoms with Gasteiger partial charge >= 0.3 is 0 Å². The van der Waals surface area contributed by atoms with Crippen molar-refractivity contribution in [3.8, 4) is 0 Å². The van der Waals surface area contributed by atoms with E-state index in [1.807, 2.05) is 36.2 Å². The Balaban J connectivity index is 1.97. The van der Waals surface area contributed by atoms with E-state index in [0.29, 0.717) is 11.3 Å². The summed E-state index contributed by atoms with van der Waals surface area (Å²) in [6.07, 6.45) is 2.07. The third-order valence-corrected chi connectivity index (χ3v) is 4.46. The van der Waals surface area contributed by atoms with Gasteiger partial charge in [0.1, 0.15) is 0 Å². The molecule has 0 aromatic heterocycles. The molecular weight excluding hydrogens is 349 g/mol. The number of hydrogen-bond acceptors (Lipinski definition) is 1. The van der Waals surface area contributed by atoms with Crippen LogP contribution >= 0.6 is 34.2 Å². The zero-order chi connectivity index (χ0) is 12.4. The van der Waals surface area contributed by atoms with Crippen LogP contribution in [-0.4, -0.2) is 29.8 Å². The summed E-state index contributed by atoms with van der Waals surface area (Å²) < 4.78 is 1.01. The molecule has 0 bridgehead atoms. The third-order valence-electron chi connectivity index (χ3n) is 3.16. The van der Waals surface area contributed by atoms with Crippen molar-refractivity contribution < 1.29 is 4.79 Å². The fourth-order valence-electron chi connectivity index (χ4n) is 2.11. The molecule has 1 amide bonds. The molecule has 0 saturated heterocycles. The van der Waals surface area contributed by atoms with Crippen LogP contribution in [0.1, 0.15) is 23.2 Å². The molecule has 92 valence electrons. The number of nitrogens with zero attached hydrogens (tertiary/aromatic N) is 1. The third kappa shape index (κ3) is 3.13. The van der Waals surface area contributed by atoms with Crippen LogP contribution in [0, 0.1) is 9.49 Å². The second kappa shape index (κ2) is 5.57. The van der Waals surface area contributed by atoms with Crippen LogP contribution in [0.25, 0.3) is 0 Å². The second-order valence-electron chi connectivity index (χ2n) is 4.60. The highest BCUT2D eigenvalue weighted by Gasteiger charge is 2.29. The molecule has 0 atom stereocenters. The van der Waals surface area contributed by atoms with Crippen molar-refractivity contribution in [2.24, 2.45) is 5.92 Å². The minimum absolute atomic E-state index is 0.105. The van der Waals surface area contributed by atoms with E-state index >= 15 is 0 Å². The van der Waals surface area contributed by atoms with Crippen LogP contribution in [-0.2, 0) is 0 Å². The van der Waals surface area contributed by atoms with Gasteiger partial charge in [0.15, 0.2) is 0 Å². The first-order valence-electron chi connectivity index (χ1n) is 5.72. The maximum Gasteiger partial charge on any atom is 0.254 e. The number of rotatable bonds is 3. The number of amides is 1. The monoisotopic (exact) mass is 363 g/mol. The predicted octanol–water partition coefficient (Wildman–Crippen LogP) is 3.38. The largest absolute Gasteiger partial charge is 0.341 e. The fraction of sp³-hybridized carbons (Fsp3) is 0.462. The van der Waals surface area contributed by atoms with E-state index < -0.39 is 0 Å². The molecule has 1 aliphatic carbocycles. The molecule has 0 spiro atoms. The van der Waals surface area contributed by atoms with Gasteiger partial charge in [-0.3, -0.25) is 4.79 Å². The average molecular weight is 364 g/mol. The minimum Gasteiger partial charge on any atom is -0.341 e. The van der Waals surface area contributed by atoms with Gasteiger partial charge in [0.25, 0.3) is 5.91 Å². The van der Waals surface area contributed by atoms with Crippen molar-refractivity contribution in [3.63, 3.8) is 0 Å². The summed E-state index contributed by atoms with van der Waals surface area (Å²) in [6.45, 7) is 0.813. The van der Waals surface area contributed by atoms with Crippen LogP contribution in [0.15, 0.2) is 24.3 Å². The van der Waals surface area contributed by atoms with Crippen LogP contribution in [0.2, 0.25) is 0 Å². The summed E-state index contributed by atoms with van der Waals surface area (Å²) >= 11 is 8.14. The Hall–Kier alpha value is -0.290.